The third-order valence-electron chi connectivity index (χ3n) is 11.9. The smallest absolute Gasteiger partial charge is 0.221 e. The zero-order chi connectivity index (χ0) is 29.2. The van der Waals surface area contributed by atoms with E-state index in [1.54, 1.807) is 0 Å². The molecule has 1 spiro atoms. The molecule has 3 aliphatic carbocycles. The van der Waals surface area contributed by atoms with Crippen LogP contribution in [-0.2, 0) is 28.6 Å². The van der Waals surface area contributed by atoms with Crippen LogP contribution in [0.2, 0.25) is 0 Å². The number of nitrogens with one attached hydrogen (secondary N) is 1. The van der Waals surface area contributed by atoms with Crippen LogP contribution < -0.4 is 11.1 Å². The lowest BCUT2D eigenvalue weighted by Gasteiger charge is -2.61. The lowest BCUT2D eigenvalue weighted by Crippen LogP contribution is -2.74. The summed E-state index contributed by atoms with van der Waals surface area (Å²) in [6.07, 6.45) is 12.3. The number of benzene rings is 2. The standard InChI is InChI=1S/C37H49N3O/c1-7-28-16-15-24(2)30-23-32-29(17-19-37(38)27(5)40(6)21-20-35(32,37)34(28)30)22-33(41)39-36(18-11-10-13-26(36)4)31-14-9-8-12-25(31)3/h8-9,12,14-17,19,27,29,32H,4,7,10-11,13,18,20-23,38H2,1-3,5-6H3,(H,39,41)/t27?,29-,32?,35?,36-,37?/m1/s1. The molecule has 6 atom stereocenters. The Bertz CT molecular complexity index is 1410. The number of amides is 1. The molecular weight excluding hydrogens is 502 g/mol. The third-order valence-corrected chi connectivity index (χ3v) is 11.9. The first-order chi connectivity index (χ1) is 19.6. The van der Waals surface area contributed by atoms with Gasteiger partial charge in [-0.25, -0.2) is 0 Å². The minimum atomic E-state index is -0.485. The molecule has 4 heteroatoms. The number of nitrogens with zero attached hydrogens (tertiary/aromatic N) is 1. The van der Waals surface area contributed by atoms with E-state index in [0.717, 1.165) is 57.1 Å². The number of likely N-dealkylation sites (N-methyl/N-ethyl adjacent to an activating group) is 1. The van der Waals surface area contributed by atoms with Crippen LogP contribution in [0.1, 0.15) is 85.8 Å². The average Bonchev–Trinajstić information content (AvgIpc) is 3.32. The molecule has 218 valence electrons. The summed E-state index contributed by atoms with van der Waals surface area (Å²) in [6.45, 7) is 14.5. The Morgan fingerprint density at radius 1 is 1.12 bits per heavy atom. The van der Waals surface area contributed by atoms with Gasteiger partial charge in [-0.05, 0) is 124 Å². The molecular formula is C37H49N3O. The van der Waals surface area contributed by atoms with E-state index in [1.165, 1.54) is 33.4 Å². The summed E-state index contributed by atoms with van der Waals surface area (Å²) in [6, 6.07) is 13.4. The van der Waals surface area contributed by atoms with Gasteiger partial charge in [-0.15, -0.1) is 0 Å². The van der Waals surface area contributed by atoms with Crippen molar-refractivity contribution in [3.63, 3.8) is 0 Å². The van der Waals surface area contributed by atoms with Crippen LogP contribution in [0.3, 0.4) is 0 Å². The van der Waals surface area contributed by atoms with Gasteiger partial charge in [0.15, 0.2) is 0 Å². The van der Waals surface area contributed by atoms with E-state index in [-0.39, 0.29) is 23.3 Å². The van der Waals surface area contributed by atoms with E-state index >= 15 is 0 Å². The molecule has 41 heavy (non-hydrogen) atoms. The van der Waals surface area contributed by atoms with Crippen LogP contribution in [0.15, 0.2) is 60.7 Å². The van der Waals surface area contributed by atoms with Crippen molar-refractivity contribution >= 4 is 5.91 Å². The Labute approximate surface area is 247 Å². The van der Waals surface area contributed by atoms with Gasteiger partial charge in [0, 0.05) is 17.9 Å². The fraction of sp³-hybridized carbons (Fsp3) is 0.541. The lowest BCUT2D eigenvalue weighted by atomic mass is 9.50. The molecule has 2 aromatic rings. The zero-order valence-electron chi connectivity index (χ0n) is 25.9. The second-order valence-corrected chi connectivity index (χ2v) is 13.7. The number of aryl methyl sites for hydroxylation is 3. The summed E-state index contributed by atoms with van der Waals surface area (Å²) >= 11 is 0. The largest absolute Gasteiger partial charge is 0.343 e. The second kappa shape index (κ2) is 10.2. The Balaban J connectivity index is 1.39. The molecule has 1 amide bonds. The number of allylic oxidation sites excluding steroid dienone is 1. The fourth-order valence-electron chi connectivity index (χ4n) is 9.49. The van der Waals surface area contributed by atoms with Gasteiger partial charge in [-0.1, -0.05) is 68.5 Å². The molecule has 0 radical (unpaired) electrons. The summed E-state index contributed by atoms with van der Waals surface area (Å²) < 4.78 is 0. The van der Waals surface area contributed by atoms with E-state index in [0.29, 0.717) is 12.3 Å². The fourth-order valence-corrected chi connectivity index (χ4v) is 9.49. The first kappa shape index (κ1) is 28.4. The van der Waals surface area contributed by atoms with Gasteiger partial charge in [0.2, 0.25) is 5.91 Å². The lowest BCUT2D eigenvalue weighted by molar-refractivity contribution is -0.124. The second-order valence-electron chi connectivity index (χ2n) is 13.7. The Kier molecular flexibility index (Phi) is 7.10. The maximum atomic E-state index is 14.2. The van der Waals surface area contributed by atoms with Crippen molar-refractivity contribution in [2.45, 2.75) is 102 Å². The summed E-state index contributed by atoms with van der Waals surface area (Å²) in [5.74, 6) is 0.587. The third kappa shape index (κ3) is 4.04. The van der Waals surface area contributed by atoms with Gasteiger partial charge >= 0.3 is 0 Å². The van der Waals surface area contributed by atoms with Crippen LogP contribution in [0.4, 0.5) is 0 Å². The molecule has 4 unspecified atom stereocenters. The van der Waals surface area contributed by atoms with E-state index < -0.39 is 11.1 Å². The number of hydrogen-bond acceptors (Lipinski definition) is 3. The molecule has 1 saturated heterocycles. The highest BCUT2D eigenvalue weighted by Gasteiger charge is 2.65. The van der Waals surface area contributed by atoms with Gasteiger partial charge in [-0.2, -0.15) is 0 Å². The highest BCUT2D eigenvalue weighted by molar-refractivity contribution is 5.79. The van der Waals surface area contributed by atoms with E-state index in [2.05, 4.69) is 100 Å². The topological polar surface area (TPSA) is 58.4 Å². The molecule has 1 aliphatic heterocycles. The number of carbonyl (C=O) groups excluding carboxylic acids is 1. The first-order valence-corrected chi connectivity index (χ1v) is 15.9. The van der Waals surface area contributed by atoms with Gasteiger partial charge in [0.25, 0.3) is 0 Å². The van der Waals surface area contributed by atoms with Crippen LogP contribution in [0, 0.1) is 25.7 Å². The van der Waals surface area contributed by atoms with Crippen molar-refractivity contribution in [3.8, 4) is 0 Å². The number of likely N-dealkylation sites (tertiary alicyclic amines) is 1. The molecule has 3 N–H and O–H groups in total. The molecule has 4 nitrogen and oxygen atoms in total. The highest BCUT2D eigenvalue weighted by Crippen LogP contribution is 2.61. The first-order valence-electron chi connectivity index (χ1n) is 15.9. The molecule has 2 aromatic carbocycles. The molecule has 0 bridgehead atoms. The average molecular weight is 552 g/mol. The van der Waals surface area contributed by atoms with Crippen molar-refractivity contribution < 1.29 is 4.79 Å². The number of piperidine rings is 1. The SMILES string of the molecule is C=C1CCCC[C@]1(NC(=O)C[C@H]1C=CC2(N)C(C)N(C)CCC23c2c(CC)ccc(C)c2CC13)c1ccccc1C. The van der Waals surface area contributed by atoms with Crippen molar-refractivity contribution in [1.29, 1.82) is 0 Å². The van der Waals surface area contributed by atoms with Crippen LogP contribution in [-0.4, -0.2) is 36.0 Å². The Morgan fingerprint density at radius 3 is 2.63 bits per heavy atom. The van der Waals surface area contributed by atoms with Gasteiger partial charge in [0.1, 0.15) is 0 Å². The summed E-state index contributed by atoms with van der Waals surface area (Å²) in [4.78, 5) is 16.6. The number of carbonyl (C=O) groups is 1. The number of rotatable bonds is 5. The summed E-state index contributed by atoms with van der Waals surface area (Å²) in [5, 5.41) is 3.60. The van der Waals surface area contributed by atoms with Crippen molar-refractivity contribution in [2.24, 2.45) is 17.6 Å². The quantitative estimate of drug-likeness (QED) is 0.422. The summed E-state index contributed by atoms with van der Waals surface area (Å²) in [7, 11) is 2.21. The van der Waals surface area contributed by atoms with Gasteiger partial charge in [-0.3, -0.25) is 4.79 Å². The van der Waals surface area contributed by atoms with Crippen molar-refractivity contribution in [1.82, 2.24) is 10.2 Å². The number of fused-ring (bicyclic) bond motifs is 1. The van der Waals surface area contributed by atoms with Gasteiger partial charge in [0.05, 0.1) is 11.1 Å². The van der Waals surface area contributed by atoms with Gasteiger partial charge < -0.3 is 16.0 Å². The number of nitrogens with two attached hydrogens (primary N) is 1. The minimum absolute atomic E-state index is 0.134. The van der Waals surface area contributed by atoms with E-state index in [9.17, 15) is 4.79 Å². The Hall–Kier alpha value is -2.69. The van der Waals surface area contributed by atoms with E-state index in [1.807, 2.05) is 0 Å². The monoisotopic (exact) mass is 551 g/mol. The molecule has 2 fully saturated rings. The van der Waals surface area contributed by atoms with Crippen LogP contribution in [0.5, 0.6) is 0 Å². The molecule has 1 saturated carbocycles. The zero-order valence-corrected chi connectivity index (χ0v) is 25.9. The predicted octanol–water partition coefficient (Wildman–Crippen LogP) is 6.42. The maximum Gasteiger partial charge on any atom is 0.221 e. The normalized spacial score (nSPS) is 34.6. The van der Waals surface area contributed by atoms with Crippen LogP contribution in [0.25, 0.3) is 0 Å². The Morgan fingerprint density at radius 2 is 1.90 bits per heavy atom. The van der Waals surface area contributed by atoms with Crippen molar-refractivity contribution in [3.05, 3.63) is 94.1 Å². The number of hydrogen-bond donors (Lipinski definition) is 2. The minimum Gasteiger partial charge on any atom is -0.343 e. The predicted molar refractivity (Wildman–Crippen MR) is 169 cm³/mol. The van der Waals surface area contributed by atoms with Crippen LogP contribution >= 0.6 is 0 Å². The molecule has 6 rings (SSSR count). The maximum absolute atomic E-state index is 14.2. The summed E-state index contributed by atoms with van der Waals surface area (Å²) in [5.41, 5.74) is 15.9. The molecule has 4 aliphatic rings. The molecule has 1 heterocycles. The van der Waals surface area contributed by atoms with Crippen molar-refractivity contribution in [2.75, 3.05) is 13.6 Å². The van der Waals surface area contributed by atoms with E-state index in [4.69, 9.17) is 5.73 Å². The highest BCUT2D eigenvalue weighted by atomic mass is 16.1. The molecule has 0 aromatic heterocycles.